The first-order valence-electron chi connectivity index (χ1n) is 2.85. The Morgan fingerprint density at radius 3 is 2.64 bits per heavy atom. The Balaban J connectivity index is 3.15. The molecule has 2 nitrogen and oxygen atoms in total. The van der Waals surface area contributed by atoms with Crippen LogP contribution in [0.2, 0.25) is 5.02 Å². The Morgan fingerprint density at radius 2 is 2.18 bits per heavy atom. The molecular weight excluding hydrogens is 228 g/mol. The molecule has 2 N–H and O–H groups in total. The Hall–Kier alpha value is -0.501. The van der Waals surface area contributed by atoms with Gasteiger partial charge in [0.2, 0.25) is 0 Å². The number of phenols is 1. The molecule has 0 heterocycles. The molecule has 0 atom stereocenters. The van der Waals surface area contributed by atoms with Gasteiger partial charge in [-0.15, -0.1) is 0 Å². The van der Waals surface area contributed by atoms with Gasteiger partial charge >= 0.3 is 77.3 Å². The fourth-order valence-electron chi connectivity index (χ4n) is 0.648. The van der Waals surface area contributed by atoms with E-state index in [1.165, 1.54) is 12.1 Å². The van der Waals surface area contributed by atoms with Crippen molar-refractivity contribution in [2.75, 3.05) is 0 Å². The second-order valence-electron chi connectivity index (χ2n) is 2.00. The third kappa shape index (κ3) is 1.96. The predicted molar refractivity (Wildman–Crippen MR) is 45.7 cm³/mol. The first-order valence-corrected chi connectivity index (χ1v) is 4.09. The molecule has 1 radical (unpaired) electrons. The molecule has 0 aliphatic heterocycles. The second-order valence-corrected chi connectivity index (χ2v) is 3.26. The average Bonchev–Trinajstić information content (AvgIpc) is 1.94. The zero-order valence-electron chi connectivity index (χ0n) is 5.47. The number of benzene rings is 1. The Labute approximate surface area is 77.5 Å². The summed E-state index contributed by atoms with van der Waals surface area (Å²) in [4.78, 5) is 0. The summed E-state index contributed by atoms with van der Waals surface area (Å²) < 4.78 is 0.312. The Kier molecular flexibility index (Phi) is 2.55. The van der Waals surface area contributed by atoms with Gasteiger partial charge in [-0.1, -0.05) is 0 Å². The molecule has 0 amide bonds. The van der Waals surface area contributed by atoms with Crippen molar-refractivity contribution in [1.82, 2.24) is 0 Å². The van der Waals surface area contributed by atoms with Gasteiger partial charge in [0.15, 0.2) is 0 Å². The summed E-state index contributed by atoms with van der Waals surface area (Å²) in [5.74, 6) is 0.0386. The van der Waals surface area contributed by atoms with Gasteiger partial charge in [-0.25, -0.2) is 0 Å². The van der Waals surface area contributed by atoms with E-state index in [9.17, 15) is 0 Å². The van der Waals surface area contributed by atoms with Crippen LogP contribution in [0.3, 0.4) is 0 Å². The summed E-state index contributed by atoms with van der Waals surface area (Å²) in [7, 11) is 0. The molecule has 0 unspecified atom stereocenters. The topological polar surface area (TPSA) is 44.1 Å². The van der Waals surface area contributed by atoms with Crippen LogP contribution in [0.25, 0.3) is 0 Å². The van der Waals surface area contributed by atoms with Crippen LogP contribution in [-0.2, 0) is 0 Å². The molecule has 57 valence electrons. The molecule has 0 spiro atoms. The van der Waals surface area contributed by atoms with Crippen molar-refractivity contribution in [3.63, 3.8) is 0 Å². The Morgan fingerprint density at radius 1 is 1.55 bits per heavy atom. The van der Waals surface area contributed by atoms with E-state index in [2.05, 4.69) is 16.0 Å². The van der Waals surface area contributed by atoms with Crippen molar-refractivity contribution >= 4 is 32.2 Å². The van der Waals surface area contributed by atoms with Crippen LogP contribution in [0, 0.1) is 5.41 Å². The van der Waals surface area contributed by atoms with Crippen LogP contribution in [0.1, 0.15) is 5.56 Å². The van der Waals surface area contributed by atoms with E-state index >= 15 is 0 Å². The van der Waals surface area contributed by atoms with E-state index in [1.807, 2.05) is 0 Å². The zero-order valence-corrected chi connectivity index (χ0v) is 7.93. The van der Waals surface area contributed by atoms with Crippen LogP contribution in [0.4, 0.5) is 0 Å². The Bertz CT molecular complexity index is 300. The fourth-order valence-corrected chi connectivity index (χ4v) is 1.10. The summed E-state index contributed by atoms with van der Waals surface area (Å²) in [6.07, 6.45) is 0. The summed E-state index contributed by atoms with van der Waals surface area (Å²) >= 11 is 8.14. The molecular formula is C7H5ClNOSe. The number of rotatable bonds is 1. The van der Waals surface area contributed by atoms with E-state index in [-0.39, 0.29) is 10.8 Å². The van der Waals surface area contributed by atoms with Crippen LogP contribution < -0.4 is 0 Å². The normalized spacial score (nSPS) is 9.55. The molecule has 1 aromatic rings. The maximum absolute atomic E-state index is 9.01. The first kappa shape index (κ1) is 8.59. The van der Waals surface area contributed by atoms with Crippen molar-refractivity contribution in [2.45, 2.75) is 0 Å². The van der Waals surface area contributed by atoms with Crippen LogP contribution in [0.15, 0.2) is 18.2 Å². The SMILES string of the molecule is N=C([Se])c1ccc(O)c(Cl)c1. The predicted octanol–water partition coefficient (Wildman–Crippen LogP) is 1.54. The monoisotopic (exact) mass is 234 g/mol. The molecule has 1 aromatic carbocycles. The van der Waals surface area contributed by atoms with Gasteiger partial charge in [0.25, 0.3) is 0 Å². The van der Waals surface area contributed by atoms with Crippen LogP contribution in [-0.4, -0.2) is 25.7 Å². The number of hydrogen-bond acceptors (Lipinski definition) is 2. The van der Waals surface area contributed by atoms with Crippen LogP contribution >= 0.6 is 11.6 Å². The third-order valence-corrected chi connectivity index (χ3v) is 2.01. The molecule has 0 bridgehead atoms. The molecule has 0 aliphatic rings. The standard InChI is InChI=1S/C7H5ClNOSe/c8-5-3-4(7(9)11)1-2-6(5)10/h1-3,9-10H. The van der Waals surface area contributed by atoms with E-state index in [4.69, 9.17) is 22.1 Å². The molecule has 0 aliphatic carbocycles. The number of hydrogen-bond donors (Lipinski definition) is 2. The number of phenolic OH excluding ortho intramolecular Hbond substituents is 1. The number of nitrogens with one attached hydrogen (secondary N) is 1. The molecule has 1 rings (SSSR count). The fraction of sp³-hybridized carbons (Fsp3) is 0. The molecule has 0 saturated carbocycles. The molecule has 0 aromatic heterocycles. The van der Waals surface area contributed by atoms with Crippen molar-refractivity contribution < 1.29 is 5.11 Å². The zero-order chi connectivity index (χ0) is 8.43. The van der Waals surface area contributed by atoms with Gasteiger partial charge in [-0.3, -0.25) is 0 Å². The quantitative estimate of drug-likeness (QED) is 0.561. The summed E-state index contributed by atoms with van der Waals surface area (Å²) in [5, 5.41) is 16.5. The summed E-state index contributed by atoms with van der Waals surface area (Å²) in [6.45, 7) is 0. The average molecular weight is 234 g/mol. The third-order valence-electron chi connectivity index (χ3n) is 1.21. The van der Waals surface area contributed by atoms with E-state index < -0.39 is 0 Å². The minimum absolute atomic E-state index is 0.0386. The van der Waals surface area contributed by atoms with E-state index in [0.29, 0.717) is 10.2 Å². The van der Waals surface area contributed by atoms with Gasteiger partial charge in [0, 0.05) is 0 Å². The maximum atomic E-state index is 9.01. The second kappa shape index (κ2) is 3.26. The van der Waals surface area contributed by atoms with Gasteiger partial charge in [0.05, 0.1) is 0 Å². The van der Waals surface area contributed by atoms with Crippen molar-refractivity contribution in [3.05, 3.63) is 28.8 Å². The van der Waals surface area contributed by atoms with Gasteiger partial charge in [0.1, 0.15) is 0 Å². The van der Waals surface area contributed by atoms with Gasteiger partial charge < -0.3 is 0 Å². The first-order chi connectivity index (χ1) is 5.11. The summed E-state index contributed by atoms with van der Waals surface area (Å²) in [6, 6.07) is 4.62. The molecule has 4 heteroatoms. The van der Waals surface area contributed by atoms with E-state index in [0.717, 1.165) is 0 Å². The summed E-state index contributed by atoms with van der Waals surface area (Å²) in [5.41, 5.74) is 0.674. The van der Waals surface area contributed by atoms with Gasteiger partial charge in [-0.2, -0.15) is 0 Å². The molecule has 11 heavy (non-hydrogen) atoms. The minimum atomic E-state index is 0.0386. The van der Waals surface area contributed by atoms with Crippen LogP contribution in [0.5, 0.6) is 5.75 Å². The van der Waals surface area contributed by atoms with Crippen molar-refractivity contribution in [1.29, 1.82) is 5.41 Å². The van der Waals surface area contributed by atoms with Gasteiger partial charge in [-0.05, 0) is 0 Å². The van der Waals surface area contributed by atoms with E-state index in [1.54, 1.807) is 6.07 Å². The number of aromatic hydroxyl groups is 1. The molecule has 0 fully saturated rings. The van der Waals surface area contributed by atoms with Crippen molar-refractivity contribution in [3.8, 4) is 5.75 Å². The van der Waals surface area contributed by atoms with Crippen molar-refractivity contribution in [2.24, 2.45) is 0 Å². The molecule has 0 saturated heterocycles. The number of halogens is 1.